The van der Waals surface area contributed by atoms with E-state index in [1.807, 2.05) is 27.2 Å². The highest BCUT2D eigenvalue weighted by Gasteiger charge is 2.28. The average molecular weight is 1090 g/mol. The van der Waals surface area contributed by atoms with Crippen LogP contribution in [0.2, 0.25) is 0 Å². The van der Waals surface area contributed by atoms with Gasteiger partial charge >= 0.3 is 7.82 Å². The number of quaternary nitrogens is 1. The largest absolute Gasteiger partial charge is 0.472 e. The zero-order valence-electron chi connectivity index (χ0n) is 51.3. The lowest BCUT2D eigenvalue weighted by Crippen LogP contribution is -2.45. The first-order valence-corrected chi connectivity index (χ1v) is 34.5. The van der Waals surface area contributed by atoms with Crippen molar-refractivity contribution in [3.05, 3.63) is 48.6 Å². The van der Waals surface area contributed by atoms with Gasteiger partial charge in [0.1, 0.15) is 13.2 Å². The molecule has 448 valence electrons. The van der Waals surface area contributed by atoms with E-state index in [1.165, 1.54) is 257 Å². The lowest BCUT2D eigenvalue weighted by Gasteiger charge is -2.25. The van der Waals surface area contributed by atoms with E-state index >= 15 is 0 Å². The summed E-state index contributed by atoms with van der Waals surface area (Å²) in [7, 11) is 1.56. The van der Waals surface area contributed by atoms with Crippen LogP contribution in [0, 0.1) is 0 Å². The number of aliphatic hydroxyl groups is 1. The molecule has 0 saturated heterocycles. The van der Waals surface area contributed by atoms with Crippen molar-refractivity contribution < 1.29 is 32.9 Å². The summed E-state index contributed by atoms with van der Waals surface area (Å²) in [4.78, 5) is 23.3. The lowest BCUT2D eigenvalue weighted by molar-refractivity contribution is -0.870. The molecule has 8 nitrogen and oxygen atoms in total. The Kier molecular flexibility index (Phi) is 56.9. The molecule has 0 fully saturated rings. The Balaban J connectivity index is 3.91. The van der Waals surface area contributed by atoms with Gasteiger partial charge in [-0.3, -0.25) is 13.8 Å². The first kappa shape index (κ1) is 74.5. The number of rotatable bonds is 61. The van der Waals surface area contributed by atoms with Gasteiger partial charge < -0.3 is 19.8 Å². The third kappa shape index (κ3) is 60.1. The van der Waals surface area contributed by atoms with Crippen molar-refractivity contribution in [2.45, 2.75) is 334 Å². The molecule has 0 aliphatic carbocycles. The molecule has 0 aromatic carbocycles. The zero-order valence-corrected chi connectivity index (χ0v) is 52.2. The maximum absolute atomic E-state index is 13.0. The Bertz CT molecular complexity index is 1380. The van der Waals surface area contributed by atoms with Crippen LogP contribution in [-0.4, -0.2) is 73.4 Å². The smallest absolute Gasteiger partial charge is 0.387 e. The van der Waals surface area contributed by atoms with E-state index in [0.29, 0.717) is 17.4 Å². The van der Waals surface area contributed by atoms with Gasteiger partial charge in [0, 0.05) is 6.42 Å². The SMILES string of the molecule is CCCCCCC/C=C/CC/C=C/CC/C=C/C(O)C(COP(=O)(O)OCC[N+](C)(C)C)NC(=O)CCCCCCCCCCCCCCCCCCCCCCCCCCCCC/C=C\CCCCCCCCCC. The molecule has 0 aliphatic heterocycles. The van der Waals surface area contributed by atoms with Crippen LogP contribution < -0.4 is 5.32 Å². The molecule has 3 unspecified atom stereocenters. The molecule has 9 heteroatoms. The molecule has 0 bridgehead atoms. The first-order valence-electron chi connectivity index (χ1n) is 33.0. The molecule has 1 amide bonds. The summed E-state index contributed by atoms with van der Waals surface area (Å²) < 4.78 is 23.7. The molecule has 0 aliphatic rings. The average Bonchev–Trinajstić information content (AvgIpc) is 3.38. The van der Waals surface area contributed by atoms with Crippen molar-refractivity contribution in [2.75, 3.05) is 40.9 Å². The van der Waals surface area contributed by atoms with Crippen LogP contribution in [0.1, 0.15) is 322 Å². The number of aliphatic hydroxyl groups excluding tert-OH is 1. The molecule has 0 heterocycles. The quantitative estimate of drug-likeness (QED) is 0.0243. The number of phosphoric ester groups is 1. The number of likely N-dealkylation sites (N-methyl/N-ethyl adjacent to an activating group) is 1. The van der Waals surface area contributed by atoms with Crippen molar-refractivity contribution in [3.63, 3.8) is 0 Å². The maximum Gasteiger partial charge on any atom is 0.472 e. The number of hydrogen-bond acceptors (Lipinski definition) is 5. The van der Waals surface area contributed by atoms with E-state index < -0.39 is 20.0 Å². The molecule has 3 N–H and O–H groups in total. The van der Waals surface area contributed by atoms with Gasteiger partial charge in [-0.25, -0.2) is 4.57 Å². The number of amides is 1. The van der Waals surface area contributed by atoms with Gasteiger partial charge in [-0.05, 0) is 70.6 Å². The van der Waals surface area contributed by atoms with E-state index in [9.17, 15) is 19.4 Å². The summed E-state index contributed by atoms with van der Waals surface area (Å²) in [6, 6.07) is -0.869. The molecule has 76 heavy (non-hydrogen) atoms. The van der Waals surface area contributed by atoms with Crippen LogP contribution >= 0.6 is 7.82 Å². The molecule has 0 rings (SSSR count). The second kappa shape index (κ2) is 58.1. The van der Waals surface area contributed by atoms with Gasteiger partial charge in [0.2, 0.25) is 5.91 Å². The van der Waals surface area contributed by atoms with Gasteiger partial charge in [-0.2, -0.15) is 0 Å². The number of unbranched alkanes of at least 4 members (excludes halogenated alkanes) is 42. The fourth-order valence-corrected chi connectivity index (χ4v) is 10.6. The zero-order chi connectivity index (χ0) is 55.6. The summed E-state index contributed by atoms with van der Waals surface area (Å²) in [6.07, 6.45) is 78.5. The highest BCUT2D eigenvalue weighted by Crippen LogP contribution is 2.43. The van der Waals surface area contributed by atoms with Gasteiger partial charge in [-0.1, -0.05) is 294 Å². The predicted molar refractivity (Wildman–Crippen MR) is 332 cm³/mol. The first-order chi connectivity index (χ1) is 37.0. The van der Waals surface area contributed by atoms with Crippen LogP contribution in [0.25, 0.3) is 0 Å². The van der Waals surface area contributed by atoms with E-state index in [0.717, 1.165) is 44.9 Å². The van der Waals surface area contributed by atoms with Crippen LogP contribution in [0.5, 0.6) is 0 Å². The van der Waals surface area contributed by atoms with Gasteiger partial charge in [0.25, 0.3) is 0 Å². The van der Waals surface area contributed by atoms with Crippen molar-refractivity contribution in [3.8, 4) is 0 Å². The van der Waals surface area contributed by atoms with E-state index in [4.69, 9.17) is 9.05 Å². The Labute approximate surface area is 473 Å². The lowest BCUT2D eigenvalue weighted by atomic mass is 10.0. The van der Waals surface area contributed by atoms with Crippen molar-refractivity contribution in [1.82, 2.24) is 5.32 Å². The van der Waals surface area contributed by atoms with E-state index in [1.54, 1.807) is 6.08 Å². The minimum Gasteiger partial charge on any atom is -0.387 e. The number of hydrogen-bond donors (Lipinski definition) is 3. The number of carbonyl (C=O) groups is 1. The van der Waals surface area contributed by atoms with Crippen LogP contribution in [-0.2, 0) is 18.4 Å². The fraction of sp³-hybridized carbons (Fsp3) is 0.866. The molecular weight excluding hydrogens is 960 g/mol. The maximum atomic E-state index is 13.0. The summed E-state index contributed by atoms with van der Waals surface area (Å²) in [5, 5.41) is 13.9. The number of nitrogens with zero attached hydrogens (tertiary/aromatic N) is 1. The van der Waals surface area contributed by atoms with E-state index in [-0.39, 0.29) is 19.1 Å². The molecule has 3 atom stereocenters. The van der Waals surface area contributed by atoms with Crippen LogP contribution in [0.15, 0.2) is 48.6 Å². The number of phosphoric acid groups is 1. The summed E-state index contributed by atoms with van der Waals surface area (Å²) in [6.45, 7) is 4.80. The summed E-state index contributed by atoms with van der Waals surface area (Å²) >= 11 is 0. The van der Waals surface area contributed by atoms with Crippen molar-refractivity contribution in [1.29, 1.82) is 0 Å². The Hall–Kier alpha value is -1.54. The normalized spacial score (nSPS) is 14.0. The summed E-state index contributed by atoms with van der Waals surface area (Å²) in [5.74, 6) is -0.186. The second-order valence-corrected chi connectivity index (χ2v) is 25.3. The highest BCUT2D eigenvalue weighted by atomic mass is 31.2. The Morgan fingerprint density at radius 1 is 0.434 bits per heavy atom. The van der Waals surface area contributed by atoms with Gasteiger partial charge in [-0.15, -0.1) is 0 Å². The highest BCUT2D eigenvalue weighted by molar-refractivity contribution is 7.47. The molecule has 0 aromatic heterocycles. The third-order valence-electron chi connectivity index (χ3n) is 15.0. The van der Waals surface area contributed by atoms with Gasteiger partial charge in [0.05, 0.1) is 39.9 Å². The minimum absolute atomic E-state index is 0.0544. The number of allylic oxidation sites excluding steroid dienone is 7. The van der Waals surface area contributed by atoms with Gasteiger partial charge in [0.15, 0.2) is 0 Å². The standard InChI is InChI=1S/C67H129N2O6P/c1-6-8-10-12-14-16-18-20-22-23-24-25-26-27-28-29-30-31-32-33-34-35-36-37-38-39-40-41-42-43-44-45-47-49-51-53-55-57-59-61-67(71)68-65(64-75-76(72,73)74-63-62-69(3,4)5)66(70)60-58-56-54-52-50-48-46-21-19-17-15-13-11-9-7-2/h19,21,23-24,50,52,58,60,65-66,70H,6-18,20,22,25-49,51,53-57,59,61-64H2,1-5H3,(H-,68,71,72,73)/p+1/b21-19+,24-23-,52-50+,60-58+. The Morgan fingerprint density at radius 2 is 0.724 bits per heavy atom. The van der Waals surface area contributed by atoms with Crippen molar-refractivity contribution >= 4 is 13.7 Å². The third-order valence-corrected chi connectivity index (χ3v) is 16.0. The second-order valence-electron chi connectivity index (χ2n) is 23.8. The molecule has 0 saturated carbocycles. The molecule has 0 aromatic rings. The monoisotopic (exact) mass is 1090 g/mol. The summed E-state index contributed by atoms with van der Waals surface area (Å²) in [5.41, 5.74) is 0. The van der Waals surface area contributed by atoms with E-state index in [2.05, 4.69) is 55.6 Å². The van der Waals surface area contributed by atoms with Crippen molar-refractivity contribution in [2.24, 2.45) is 0 Å². The topological polar surface area (TPSA) is 105 Å². The number of nitrogens with one attached hydrogen (secondary N) is 1. The molecule has 0 radical (unpaired) electrons. The predicted octanol–water partition coefficient (Wildman–Crippen LogP) is 20.7. The molecule has 0 spiro atoms. The molecular formula is C67H130N2O6P+. The minimum atomic E-state index is -4.36. The van der Waals surface area contributed by atoms with Crippen LogP contribution in [0.3, 0.4) is 0 Å². The number of carbonyl (C=O) groups excluding carboxylic acids is 1. The van der Waals surface area contributed by atoms with Crippen LogP contribution in [0.4, 0.5) is 0 Å². The Morgan fingerprint density at radius 3 is 1.05 bits per heavy atom. The fourth-order valence-electron chi connectivity index (χ4n) is 9.84.